The van der Waals surface area contributed by atoms with E-state index in [1.165, 1.54) is 6.07 Å². The van der Waals surface area contributed by atoms with Gasteiger partial charge in [0.2, 0.25) is 11.8 Å². The van der Waals surface area contributed by atoms with Crippen molar-refractivity contribution in [3.05, 3.63) is 29.3 Å². The molecule has 2 aliphatic rings. The van der Waals surface area contributed by atoms with Crippen molar-refractivity contribution >= 4 is 24.0 Å². The molecule has 156 valence electrons. The van der Waals surface area contributed by atoms with Gasteiger partial charge in [0.05, 0.1) is 25.4 Å². The largest absolute Gasteiger partial charge is 0.491 e. The molecule has 1 aromatic rings. The van der Waals surface area contributed by atoms with E-state index in [0.717, 1.165) is 4.90 Å². The molecule has 3 amide bonds. The third kappa shape index (κ3) is 4.78. The number of fused-ring (bicyclic) bond motifs is 1. The molecule has 2 heterocycles. The SMILES string of the molecule is O=CCOCCOCCOc1ccc2c(c1)C(=O)N(C1CCC(=O)NC1=O)C2O. The van der Waals surface area contributed by atoms with E-state index in [2.05, 4.69) is 5.32 Å². The number of amides is 3. The minimum atomic E-state index is -1.26. The summed E-state index contributed by atoms with van der Waals surface area (Å²) in [6.45, 7) is 1.19. The first kappa shape index (κ1) is 20.9. The van der Waals surface area contributed by atoms with Gasteiger partial charge in [-0.1, -0.05) is 6.07 Å². The Morgan fingerprint density at radius 2 is 1.90 bits per heavy atom. The van der Waals surface area contributed by atoms with Crippen LogP contribution in [-0.4, -0.2) is 73.1 Å². The summed E-state index contributed by atoms with van der Waals surface area (Å²) >= 11 is 0. The van der Waals surface area contributed by atoms with E-state index in [-0.39, 0.29) is 31.6 Å². The average molecular weight is 406 g/mol. The lowest BCUT2D eigenvalue weighted by Crippen LogP contribution is -2.53. The smallest absolute Gasteiger partial charge is 0.257 e. The highest BCUT2D eigenvalue weighted by atomic mass is 16.5. The number of aliphatic hydroxyl groups excluding tert-OH is 1. The summed E-state index contributed by atoms with van der Waals surface area (Å²) in [4.78, 5) is 47.4. The number of nitrogens with zero attached hydrogens (tertiary/aromatic N) is 1. The van der Waals surface area contributed by atoms with Gasteiger partial charge in [-0.3, -0.25) is 24.6 Å². The van der Waals surface area contributed by atoms with Gasteiger partial charge in [0.15, 0.2) is 6.23 Å². The second-order valence-corrected chi connectivity index (χ2v) is 6.50. The summed E-state index contributed by atoms with van der Waals surface area (Å²) in [5.74, 6) is -1.04. The average Bonchev–Trinajstić information content (AvgIpc) is 2.94. The quantitative estimate of drug-likeness (QED) is 0.303. The van der Waals surface area contributed by atoms with Crippen LogP contribution in [0.3, 0.4) is 0 Å². The number of piperidine rings is 1. The molecule has 10 heteroatoms. The number of carbonyl (C=O) groups is 4. The van der Waals surface area contributed by atoms with Crippen LogP contribution < -0.4 is 10.1 Å². The van der Waals surface area contributed by atoms with Crippen LogP contribution in [0.2, 0.25) is 0 Å². The van der Waals surface area contributed by atoms with Crippen molar-refractivity contribution in [2.75, 3.05) is 33.0 Å². The molecule has 1 fully saturated rings. The highest BCUT2D eigenvalue weighted by Gasteiger charge is 2.44. The predicted molar refractivity (Wildman–Crippen MR) is 96.9 cm³/mol. The number of carbonyl (C=O) groups excluding carboxylic acids is 4. The molecule has 0 bridgehead atoms. The topological polar surface area (TPSA) is 131 Å². The first-order valence-corrected chi connectivity index (χ1v) is 9.23. The van der Waals surface area contributed by atoms with E-state index in [4.69, 9.17) is 14.2 Å². The molecular formula is C19H22N2O8. The first-order chi connectivity index (χ1) is 14.0. The van der Waals surface area contributed by atoms with Gasteiger partial charge in [-0.05, 0) is 18.6 Å². The third-order valence-electron chi connectivity index (χ3n) is 4.63. The minimum absolute atomic E-state index is 0.0324. The predicted octanol–water partition coefficient (Wildman–Crippen LogP) is -0.451. The van der Waals surface area contributed by atoms with Gasteiger partial charge in [-0.15, -0.1) is 0 Å². The van der Waals surface area contributed by atoms with Crippen molar-refractivity contribution in [1.82, 2.24) is 10.2 Å². The molecule has 0 radical (unpaired) electrons. The number of hydrogen-bond donors (Lipinski definition) is 2. The van der Waals surface area contributed by atoms with Crippen molar-refractivity contribution < 1.29 is 38.5 Å². The Bertz CT molecular complexity index is 796. The fourth-order valence-corrected chi connectivity index (χ4v) is 3.26. The van der Waals surface area contributed by atoms with Gasteiger partial charge in [0.25, 0.3) is 5.91 Å². The summed E-state index contributed by atoms with van der Waals surface area (Å²) in [6, 6.07) is 3.81. The number of imide groups is 1. The molecule has 29 heavy (non-hydrogen) atoms. The van der Waals surface area contributed by atoms with Gasteiger partial charge in [0, 0.05) is 12.0 Å². The Balaban J connectivity index is 1.55. The third-order valence-corrected chi connectivity index (χ3v) is 4.63. The van der Waals surface area contributed by atoms with Gasteiger partial charge >= 0.3 is 0 Å². The number of aliphatic hydroxyl groups is 1. The van der Waals surface area contributed by atoms with E-state index in [1.54, 1.807) is 12.1 Å². The molecule has 0 spiro atoms. The Labute approximate surface area is 166 Å². The zero-order chi connectivity index (χ0) is 20.8. The van der Waals surface area contributed by atoms with E-state index in [1.807, 2.05) is 0 Å². The number of nitrogens with one attached hydrogen (secondary N) is 1. The lowest BCUT2D eigenvalue weighted by Gasteiger charge is -2.31. The molecule has 10 nitrogen and oxygen atoms in total. The van der Waals surface area contributed by atoms with Crippen LogP contribution in [0.5, 0.6) is 5.75 Å². The van der Waals surface area contributed by atoms with Gasteiger partial charge in [-0.25, -0.2) is 0 Å². The van der Waals surface area contributed by atoms with Gasteiger partial charge in [-0.2, -0.15) is 0 Å². The summed E-state index contributed by atoms with van der Waals surface area (Å²) in [5, 5.41) is 12.7. The molecule has 0 saturated carbocycles. The van der Waals surface area contributed by atoms with E-state index in [9.17, 15) is 24.3 Å². The second kappa shape index (κ2) is 9.59. The number of hydrogen-bond acceptors (Lipinski definition) is 8. The normalized spacial score (nSPS) is 21.1. The molecular weight excluding hydrogens is 384 g/mol. The lowest BCUT2D eigenvalue weighted by molar-refractivity contribution is -0.139. The summed E-state index contributed by atoms with van der Waals surface area (Å²) in [5.41, 5.74) is 0.638. The zero-order valence-corrected chi connectivity index (χ0v) is 15.7. The van der Waals surface area contributed by atoms with Crippen LogP contribution in [0, 0.1) is 0 Å². The fourth-order valence-electron chi connectivity index (χ4n) is 3.26. The lowest BCUT2D eigenvalue weighted by atomic mass is 10.0. The van der Waals surface area contributed by atoms with Crippen molar-refractivity contribution in [2.24, 2.45) is 0 Å². The summed E-state index contributed by atoms with van der Waals surface area (Å²) in [7, 11) is 0. The second-order valence-electron chi connectivity index (χ2n) is 6.50. The van der Waals surface area contributed by atoms with Crippen LogP contribution in [-0.2, 0) is 23.9 Å². The molecule has 2 unspecified atom stereocenters. The van der Waals surface area contributed by atoms with Crippen molar-refractivity contribution in [3.63, 3.8) is 0 Å². The number of ether oxygens (including phenoxy) is 3. The van der Waals surface area contributed by atoms with Crippen molar-refractivity contribution in [1.29, 1.82) is 0 Å². The molecule has 2 aliphatic heterocycles. The van der Waals surface area contributed by atoms with Gasteiger partial charge < -0.3 is 24.1 Å². The molecule has 1 aromatic carbocycles. The Morgan fingerprint density at radius 1 is 1.14 bits per heavy atom. The van der Waals surface area contributed by atoms with Crippen LogP contribution >= 0.6 is 0 Å². The molecule has 2 atom stereocenters. The standard InChI is InChI=1S/C19H22N2O8/c22-5-6-27-7-8-28-9-10-29-12-1-2-13-14(11-12)19(26)21(18(13)25)15-3-4-16(23)20-17(15)24/h1-2,5,11,15,18,25H,3-4,6-10H2,(H,20,23,24). The van der Waals surface area contributed by atoms with E-state index >= 15 is 0 Å². The minimum Gasteiger partial charge on any atom is -0.491 e. The van der Waals surface area contributed by atoms with Crippen molar-refractivity contribution in [3.8, 4) is 5.75 Å². The van der Waals surface area contributed by atoms with E-state index < -0.39 is 30.0 Å². The summed E-state index contributed by atoms with van der Waals surface area (Å²) in [6.07, 6.45) is -0.322. The zero-order valence-electron chi connectivity index (χ0n) is 15.7. The summed E-state index contributed by atoms with van der Waals surface area (Å²) < 4.78 is 15.8. The maximum atomic E-state index is 12.8. The maximum absolute atomic E-state index is 12.8. The Morgan fingerprint density at radius 3 is 2.66 bits per heavy atom. The molecule has 2 N–H and O–H groups in total. The van der Waals surface area contributed by atoms with Crippen LogP contribution in [0.4, 0.5) is 0 Å². The fraction of sp³-hybridized carbons (Fsp3) is 0.474. The van der Waals surface area contributed by atoms with E-state index in [0.29, 0.717) is 37.4 Å². The van der Waals surface area contributed by atoms with Crippen molar-refractivity contribution in [2.45, 2.75) is 25.1 Å². The molecule has 0 aromatic heterocycles. The molecule has 3 rings (SSSR count). The van der Waals surface area contributed by atoms with Crippen LogP contribution in [0.15, 0.2) is 18.2 Å². The highest BCUT2D eigenvalue weighted by Crippen LogP contribution is 2.36. The number of rotatable bonds is 10. The molecule has 1 saturated heterocycles. The highest BCUT2D eigenvalue weighted by molar-refractivity contribution is 6.05. The number of aldehydes is 1. The Kier molecular flexibility index (Phi) is 6.91. The van der Waals surface area contributed by atoms with Crippen LogP contribution in [0.1, 0.15) is 35.0 Å². The monoisotopic (exact) mass is 406 g/mol. The first-order valence-electron chi connectivity index (χ1n) is 9.23. The Hall–Kier alpha value is -2.82. The maximum Gasteiger partial charge on any atom is 0.257 e. The molecule has 0 aliphatic carbocycles. The van der Waals surface area contributed by atoms with Gasteiger partial charge in [0.1, 0.15) is 31.3 Å². The van der Waals surface area contributed by atoms with Crippen LogP contribution in [0.25, 0.3) is 0 Å². The number of benzene rings is 1.